The highest BCUT2D eigenvalue weighted by atomic mass is 16.4. The van der Waals surface area contributed by atoms with Crippen molar-refractivity contribution in [1.29, 1.82) is 0 Å². The van der Waals surface area contributed by atoms with Crippen LogP contribution in [0.1, 0.15) is 33.6 Å². The third-order valence-electron chi connectivity index (χ3n) is 2.84. The second-order valence-corrected chi connectivity index (χ2v) is 5.55. The highest BCUT2D eigenvalue weighted by molar-refractivity contribution is 5.84. The van der Waals surface area contributed by atoms with Crippen molar-refractivity contribution in [2.75, 3.05) is 33.7 Å². The molecule has 0 aromatic heterocycles. The van der Waals surface area contributed by atoms with E-state index in [2.05, 4.69) is 0 Å². The van der Waals surface area contributed by atoms with Crippen molar-refractivity contribution in [3.8, 4) is 0 Å². The predicted octanol–water partition coefficient (Wildman–Crippen LogP) is 1.29. The lowest BCUT2D eigenvalue weighted by Crippen LogP contribution is -2.40. The number of nitrogens with zero attached hydrogens (tertiary/aromatic N) is 2. The summed E-state index contributed by atoms with van der Waals surface area (Å²) in [6.07, 6.45) is 0.933. The van der Waals surface area contributed by atoms with E-state index in [-0.39, 0.29) is 12.3 Å². The van der Waals surface area contributed by atoms with Gasteiger partial charge in [-0.3, -0.25) is 9.59 Å². The fraction of sp³-hybridized carbons (Fsp3) is 0.846. The normalized spacial score (nSPS) is 11.7. The highest BCUT2D eigenvalue weighted by Crippen LogP contribution is 2.21. The number of carboxylic acid groups (broad SMARTS) is 1. The summed E-state index contributed by atoms with van der Waals surface area (Å²) in [7, 11) is 3.91. The van der Waals surface area contributed by atoms with Gasteiger partial charge in [-0.25, -0.2) is 0 Å². The quantitative estimate of drug-likeness (QED) is 0.712. The molecule has 0 saturated carbocycles. The molecule has 0 rings (SSSR count). The summed E-state index contributed by atoms with van der Waals surface area (Å²) < 4.78 is 0. The van der Waals surface area contributed by atoms with Crippen molar-refractivity contribution in [3.05, 3.63) is 0 Å². The summed E-state index contributed by atoms with van der Waals surface area (Å²) in [6.45, 7) is 7.31. The number of amides is 1. The van der Waals surface area contributed by atoms with E-state index >= 15 is 0 Å². The van der Waals surface area contributed by atoms with Gasteiger partial charge in [0.05, 0.1) is 5.41 Å². The number of carbonyl (C=O) groups is 2. The van der Waals surface area contributed by atoms with Gasteiger partial charge in [-0.2, -0.15) is 0 Å². The van der Waals surface area contributed by atoms with Crippen LogP contribution in [0.25, 0.3) is 0 Å². The molecule has 0 bridgehead atoms. The standard InChI is InChI=1S/C13H26N2O3/c1-6-7-15(9-8-14(4)5)11(16)10-13(2,3)12(17)18/h6-10H2,1-5H3,(H,17,18). The molecule has 1 amide bonds. The Morgan fingerprint density at radius 1 is 1.11 bits per heavy atom. The molecule has 1 N–H and O–H groups in total. The lowest BCUT2D eigenvalue weighted by atomic mass is 9.89. The third-order valence-corrected chi connectivity index (χ3v) is 2.84. The zero-order valence-electron chi connectivity index (χ0n) is 12.2. The van der Waals surface area contributed by atoms with E-state index in [1.807, 2.05) is 25.9 Å². The maximum atomic E-state index is 12.1. The number of aliphatic carboxylic acids is 1. The van der Waals surface area contributed by atoms with Crippen LogP contribution in [-0.2, 0) is 9.59 Å². The minimum Gasteiger partial charge on any atom is -0.481 e. The van der Waals surface area contributed by atoms with E-state index in [4.69, 9.17) is 5.11 Å². The third kappa shape index (κ3) is 6.00. The van der Waals surface area contributed by atoms with Gasteiger partial charge in [0.25, 0.3) is 0 Å². The predicted molar refractivity (Wildman–Crippen MR) is 71.5 cm³/mol. The zero-order chi connectivity index (χ0) is 14.3. The molecule has 0 fully saturated rings. The molecule has 0 unspecified atom stereocenters. The van der Waals surface area contributed by atoms with Crippen LogP contribution in [0.4, 0.5) is 0 Å². The number of carboxylic acids is 1. The Balaban J connectivity index is 4.51. The van der Waals surface area contributed by atoms with Crippen LogP contribution in [0.5, 0.6) is 0 Å². The molecule has 5 heteroatoms. The Kier molecular flexibility index (Phi) is 6.91. The van der Waals surface area contributed by atoms with E-state index in [1.165, 1.54) is 0 Å². The molecule has 0 atom stereocenters. The molecule has 18 heavy (non-hydrogen) atoms. The van der Waals surface area contributed by atoms with Gasteiger partial charge >= 0.3 is 5.97 Å². The van der Waals surface area contributed by atoms with Crippen molar-refractivity contribution in [2.24, 2.45) is 5.41 Å². The van der Waals surface area contributed by atoms with E-state index in [9.17, 15) is 9.59 Å². The number of likely N-dealkylation sites (N-methyl/N-ethyl adjacent to an activating group) is 1. The van der Waals surface area contributed by atoms with Crippen molar-refractivity contribution in [3.63, 3.8) is 0 Å². The Morgan fingerprint density at radius 3 is 2.06 bits per heavy atom. The Bertz CT molecular complexity index is 288. The summed E-state index contributed by atoms with van der Waals surface area (Å²) in [4.78, 5) is 26.9. The molecule has 0 spiro atoms. The van der Waals surface area contributed by atoms with Gasteiger partial charge in [-0.15, -0.1) is 0 Å². The summed E-state index contributed by atoms with van der Waals surface area (Å²) in [5.41, 5.74) is -0.999. The second-order valence-electron chi connectivity index (χ2n) is 5.55. The van der Waals surface area contributed by atoms with Gasteiger partial charge in [0.15, 0.2) is 0 Å². The molecule has 106 valence electrons. The van der Waals surface area contributed by atoms with E-state index in [0.29, 0.717) is 13.1 Å². The van der Waals surface area contributed by atoms with Crippen molar-refractivity contribution in [2.45, 2.75) is 33.6 Å². The van der Waals surface area contributed by atoms with Gasteiger partial charge in [0.2, 0.25) is 5.91 Å². The number of hydrogen-bond acceptors (Lipinski definition) is 3. The average Bonchev–Trinajstić information content (AvgIpc) is 2.22. The summed E-state index contributed by atoms with van der Waals surface area (Å²) in [6, 6.07) is 0. The Hall–Kier alpha value is -1.10. The Morgan fingerprint density at radius 2 is 1.67 bits per heavy atom. The number of carbonyl (C=O) groups excluding carboxylic acids is 1. The molecule has 0 aromatic carbocycles. The topological polar surface area (TPSA) is 60.9 Å². The summed E-state index contributed by atoms with van der Waals surface area (Å²) in [5.74, 6) is -1.01. The van der Waals surface area contributed by atoms with Crippen LogP contribution in [-0.4, -0.2) is 60.5 Å². The van der Waals surface area contributed by atoms with Crippen LogP contribution >= 0.6 is 0 Å². The van der Waals surface area contributed by atoms with Gasteiger partial charge < -0.3 is 14.9 Å². The molecule has 0 aliphatic rings. The van der Waals surface area contributed by atoms with Crippen LogP contribution in [0, 0.1) is 5.41 Å². The summed E-state index contributed by atoms with van der Waals surface area (Å²) >= 11 is 0. The van der Waals surface area contributed by atoms with Crippen LogP contribution in [0.15, 0.2) is 0 Å². The second kappa shape index (κ2) is 7.36. The molecule has 0 aliphatic carbocycles. The molecule has 5 nitrogen and oxygen atoms in total. The van der Waals surface area contributed by atoms with Gasteiger partial charge in [-0.05, 0) is 34.4 Å². The van der Waals surface area contributed by atoms with Crippen LogP contribution in [0.3, 0.4) is 0 Å². The van der Waals surface area contributed by atoms with E-state index in [1.54, 1.807) is 18.7 Å². The van der Waals surface area contributed by atoms with Crippen molar-refractivity contribution < 1.29 is 14.7 Å². The molecular weight excluding hydrogens is 232 g/mol. The fourth-order valence-electron chi connectivity index (χ4n) is 1.52. The average molecular weight is 258 g/mol. The first-order valence-electron chi connectivity index (χ1n) is 6.36. The zero-order valence-corrected chi connectivity index (χ0v) is 12.2. The lowest BCUT2D eigenvalue weighted by molar-refractivity contribution is -0.151. The van der Waals surface area contributed by atoms with Gasteiger partial charge in [-0.1, -0.05) is 6.92 Å². The molecule has 0 heterocycles. The lowest BCUT2D eigenvalue weighted by Gasteiger charge is -2.27. The van der Waals surface area contributed by atoms with Crippen molar-refractivity contribution in [1.82, 2.24) is 9.80 Å². The maximum Gasteiger partial charge on any atom is 0.309 e. The molecule has 0 radical (unpaired) electrons. The maximum absolute atomic E-state index is 12.1. The molecular formula is C13H26N2O3. The monoisotopic (exact) mass is 258 g/mol. The highest BCUT2D eigenvalue weighted by Gasteiger charge is 2.31. The van der Waals surface area contributed by atoms with Gasteiger partial charge in [0, 0.05) is 26.1 Å². The van der Waals surface area contributed by atoms with Crippen molar-refractivity contribution >= 4 is 11.9 Å². The number of rotatable bonds is 8. The minimum atomic E-state index is -0.999. The summed E-state index contributed by atoms with van der Waals surface area (Å²) in [5, 5.41) is 9.04. The first-order chi connectivity index (χ1) is 8.20. The Labute approximate surface area is 110 Å². The smallest absolute Gasteiger partial charge is 0.309 e. The van der Waals surface area contributed by atoms with Crippen LogP contribution in [0.2, 0.25) is 0 Å². The first-order valence-corrected chi connectivity index (χ1v) is 6.36. The largest absolute Gasteiger partial charge is 0.481 e. The van der Waals surface area contributed by atoms with E-state index < -0.39 is 11.4 Å². The number of hydrogen-bond donors (Lipinski definition) is 1. The molecule has 0 aromatic rings. The molecule has 0 saturated heterocycles. The first kappa shape index (κ1) is 16.9. The SMILES string of the molecule is CCCN(CCN(C)C)C(=O)CC(C)(C)C(=O)O. The van der Waals surface area contributed by atoms with Crippen LogP contribution < -0.4 is 0 Å². The van der Waals surface area contributed by atoms with E-state index in [0.717, 1.165) is 13.0 Å². The van der Waals surface area contributed by atoms with Gasteiger partial charge in [0.1, 0.15) is 0 Å². The molecule has 0 aliphatic heterocycles. The minimum absolute atomic E-state index is 0.0514. The fourth-order valence-corrected chi connectivity index (χ4v) is 1.52.